The van der Waals surface area contributed by atoms with Crippen LogP contribution in [0.15, 0.2) is 4.99 Å². The van der Waals surface area contributed by atoms with Crippen molar-refractivity contribution in [2.45, 2.75) is 26.3 Å². The van der Waals surface area contributed by atoms with Crippen LogP contribution in [0.5, 0.6) is 0 Å². The molecule has 0 saturated carbocycles. The zero-order chi connectivity index (χ0) is 12.9. The summed E-state index contributed by atoms with van der Waals surface area (Å²) in [5, 5.41) is 2.85. The van der Waals surface area contributed by atoms with Crippen LogP contribution < -0.4 is 11.1 Å². The van der Waals surface area contributed by atoms with E-state index < -0.39 is 0 Å². The van der Waals surface area contributed by atoms with Crippen LogP contribution in [0.2, 0.25) is 0 Å². The van der Waals surface area contributed by atoms with Gasteiger partial charge in [-0.2, -0.15) is 11.8 Å². The summed E-state index contributed by atoms with van der Waals surface area (Å²) in [6.45, 7) is 7.77. The van der Waals surface area contributed by atoms with Crippen LogP contribution in [-0.4, -0.2) is 53.4 Å². The van der Waals surface area contributed by atoms with Crippen molar-refractivity contribution in [2.75, 3.05) is 31.1 Å². The molecule has 1 heterocycles. The number of hydrogen-bond acceptors (Lipinski definition) is 3. The Labute approximate surface area is 130 Å². The molecule has 1 fully saturated rings. The molecule has 5 nitrogen and oxygen atoms in total. The Morgan fingerprint density at radius 1 is 1.39 bits per heavy atom. The number of amides is 1. The first-order valence-corrected chi connectivity index (χ1v) is 6.97. The lowest BCUT2D eigenvalue weighted by atomic mass is 10.1. The third-order valence-corrected chi connectivity index (χ3v) is 3.18. The van der Waals surface area contributed by atoms with Crippen LogP contribution in [0.3, 0.4) is 0 Å². The van der Waals surface area contributed by atoms with E-state index in [1.54, 1.807) is 0 Å². The highest BCUT2D eigenvalue weighted by molar-refractivity contribution is 14.0. The molecule has 106 valence electrons. The lowest BCUT2D eigenvalue weighted by Crippen LogP contribution is -2.44. The molecule has 0 atom stereocenters. The van der Waals surface area contributed by atoms with Crippen molar-refractivity contribution in [3.8, 4) is 0 Å². The Balaban J connectivity index is 0.00000289. The maximum atomic E-state index is 11.5. The number of hydrogen-bond donors (Lipinski definition) is 2. The van der Waals surface area contributed by atoms with E-state index in [-0.39, 0.29) is 42.0 Å². The lowest BCUT2D eigenvalue weighted by molar-refractivity contribution is -0.121. The van der Waals surface area contributed by atoms with Gasteiger partial charge in [0.25, 0.3) is 0 Å². The van der Waals surface area contributed by atoms with E-state index in [4.69, 9.17) is 5.73 Å². The molecule has 0 aromatic rings. The van der Waals surface area contributed by atoms with E-state index >= 15 is 0 Å². The van der Waals surface area contributed by atoms with Crippen molar-refractivity contribution < 1.29 is 4.79 Å². The van der Waals surface area contributed by atoms with Gasteiger partial charge >= 0.3 is 0 Å². The van der Waals surface area contributed by atoms with E-state index in [1.807, 2.05) is 37.4 Å². The topological polar surface area (TPSA) is 70.7 Å². The summed E-state index contributed by atoms with van der Waals surface area (Å²) in [6.07, 6.45) is 0. The van der Waals surface area contributed by atoms with Crippen molar-refractivity contribution in [1.29, 1.82) is 0 Å². The monoisotopic (exact) mass is 386 g/mol. The number of carbonyl (C=O) groups excluding carboxylic acids is 1. The predicted octanol–water partition coefficient (Wildman–Crippen LogP) is 0.883. The average molecular weight is 386 g/mol. The summed E-state index contributed by atoms with van der Waals surface area (Å²) < 4.78 is 0. The molecule has 18 heavy (non-hydrogen) atoms. The Bertz CT molecular complexity index is 298. The molecular weight excluding hydrogens is 363 g/mol. The molecule has 0 radical (unpaired) electrons. The highest BCUT2D eigenvalue weighted by Gasteiger charge is 2.15. The zero-order valence-electron chi connectivity index (χ0n) is 11.2. The Hall–Kier alpha value is -0.180. The minimum absolute atomic E-state index is 0. The fourth-order valence-corrected chi connectivity index (χ4v) is 2.41. The Kier molecular flexibility index (Phi) is 8.00. The van der Waals surface area contributed by atoms with E-state index in [2.05, 4.69) is 10.3 Å². The first kappa shape index (κ1) is 17.8. The highest BCUT2D eigenvalue weighted by Crippen LogP contribution is 2.08. The minimum Gasteiger partial charge on any atom is -0.370 e. The van der Waals surface area contributed by atoms with Crippen LogP contribution in [0.4, 0.5) is 0 Å². The van der Waals surface area contributed by atoms with E-state index in [0.717, 1.165) is 24.6 Å². The fraction of sp³-hybridized carbons (Fsp3) is 0.818. The van der Waals surface area contributed by atoms with Gasteiger partial charge in [-0.1, -0.05) is 0 Å². The number of carbonyl (C=O) groups is 1. The quantitative estimate of drug-likeness (QED) is 0.420. The first-order chi connectivity index (χ1) is 7.88. The van der Waals surface area contributed by atoms with Crippen molar-refractivity contribution >= 4 is 47.6 Å². The predicted molar refractivity (Wildman–Crippen MR) is 88.7 cm³/mol. The third kappa shape index (κ3) is 7.30. The second-order valence-electron chi connectivity index (χ2n) is 5.07. The van der Waals surface area contributed by atoms with Crippen LogP contribution in [-0.2, 0) is 4.79 Å². The normalized spacial score (nSPS) is 17.1. The molecule has 7 heteroatoms. The molecule has 1 aliphatic rings. The van der Waals surface area contributed by atoms with Gasteiger partial charge in [0, 0.05) is 30.1 Å². The summed E-state index contributed by atoms with van der Waals surface area (Å²) in [7, 11) is 0. The maximum Gasteiger partial charge on any atom is 0.242 e. The molecule has 0 unspecified atom stereocenters. The van der Waals surface area contributed by atoms with Gasteiger partial charge < -0.3 is 16.0 Å². The summed E-state index contributed by atoms with van der Waals surface area (Å²) in [6, 6.07) is 0. The van der Waals surface area contributed by atoms with Gasteiger partial charge in [-0.05, 0) is 20.8 Å². The SMILES string of the molecule is CC(C)(C)NC(=O)CN=C(N)N1CCSCC1.I. The minimum atomic E-state index is -0.219. The number of thioether (sulfide) groups is 1. The molecule has 0 aromatic carbocycles. The van der Waals surface area contributed by atoms with Gasteiger partial charge in [-0.3, -0.25) is 4.79 Å². The number of nitrogens with zero attached hydrogens (tertiary/aromatic N) is 2. The molecule has 1 saturated heterocycles. The summed E-state index contributed by atoms with van der Waals surface area (Å²) in [5.41, 5.74) is 5.63. The van der Waals surface area contributed by atoms with E-state index in [0.29, 0.717) is 5.96 Å². The summed E-state index contributed by atoms with van der Waals surface area (Å²) in [5.74, 6) is 2.54. The molecular formula is C11H23IN4OS. The number of halogens is 1. The first-order valence-electron chi connectivity index (χ1n) is 5.82. The highest BCUT2D eigenvalue weighted by atomic mass is 127. The fourth-order valence-electron chi connectivity index (χ4n) is 1.50. The standard InChI is InChI=1S/C11H22N4OS.HI/c1-11(2,3)14-9(16)8-13-10(12)15-4-6-17-7-5-15;/h4-8H2,1-3H3,(H2,12,13)(H,14,16);1H. The van der Waals surface area contributed by atoms with Gasteiger partial charge in [-0.25, -0.2) is 4.99 Å². The second-order valence-corrected chi connectivity index (χ2v) is 6.30. The summed E-state index contributed by atoms with van der Waals surface area (Å²) in [4.78, 5) is 17.7. The summed E-state index contributed by atoms with van der Waals surface area (Å²) >= 11 is 1.92. The van der Waals surface area contributed by atoms with Gasteiger partial charge in [0.2, 0.25) is 5.91 Å². The van der Waals surface area contributed by atoms with Crippen molar-refractivity contribution in [3.05, 3.63) is 0 Å². The van der Waals surface area contributed by atoms with Gasteiger partial charge in [-0.15, -0.1) is 24.0 Å². The molecule has 0 spiro atoms. The molecule has 0 aliphatic carbocycles. The second kappa shape index (κ2) is 8.08. The maximum absolute atomic E-state index is 11.5. The number of aliphatic imine (C=N–C) groups is 1. The largest absolute Gasteiger partial charge is 0.370 e. The Morgan fingerprint density at radius 3 is 2.44 bits per heavy atom. The molecule has 1 amide bonds. The lowest BCUT2D eigenvalue weighted by Gasteiger charge is -2.27. The molecule has 3 N–H and O–H groups in total. The van der Waals surface area contributed by atoms with Gasteiger partial charge in [0.05, 0.1) is 0 Å². The van der Waals surface area contributed by atoms with Crippen LogP contribution in [0, 0.1) is 0 Å². The van der Waals surface area contributed by atoms with Crippen LogP contribution in [0.1, 0.15) is 20.8 Å². The van der Waals surface area contributed by atoms with Crippen molar-refractivity contribution in [2.24, 2.45) is 10.7 Å². The number of guanidine groups is 1. The molecule has 0 bridgehead atoms. The molecule has 0 aromatic heterocycles. The van der Waals surface area contributed by atoms with E-state index in [9.17, 15) is 4.79 Å². The number of nitrogens with two attached hydrogens (primary N) is 1. The smallest absolute Gasteiger partial charge is 0.242 e. The van der Waals surface area contributed by atoms with E-state index in [1.165, 1.54) is 0 Å². The van der Waals surface area contributed by atoms with Crippen LogP contribution >= 0.6 is 35.7 Å². The van der Waals surface area contributed by atoms with Gasteiger partial charge in [0.15, 0.2) is 5.96 Å². The molecule has 1 aliphatic heterocycles. The average Bonchev–Trinajstić information content (AvgIpc) is 2.25. The zero-order valence-corrected chi connectivity index (χ0v) is 14.4. The number of nitrogens with one attached hydrogen (secondary N) is 1. The Morgan fingerprint density at radius 2 is 1.94 bits per heavy atom. The van der Waals surface area contributed by atoms with Gasteiger partial charge in [0.1, 0.15) is 6.54 Å². The van der Waals surface area contributed by atoms with Crippen LogP contribution in [0.25, 0.3) is 0 Å². The van der Waals surface area contributed by atoms with Crippen molar-refractivity contribution in [1.82, 2.24) is 10.2 Å². The third-order valence-electron chi connectivity index (χ3n) is 2.23. The van der Waals surface area contributed by atoms with Crippen molar-refractivity contribution in [3.63, 3.8) is 0 Å². The molecule has 1 rings (SSSR count). The number of rotatable bonds is 2.